The Kier molecular flexibility index (Phi) is 4.67. The van der Waals surface area contributed by atoms with Crippen LogP contribution in [-0.4, -0.2) is 10.7 Å². The number of carbonyl (C=O) groups excluding carboxylic acids is 1. The van der Waals surface area contributed by atoms with Crippen LogP contribution in [0.2, 0.25) is 0 Å². The predicted molar refractivity (Wildman–Crippen MR) is 83.0 cm³/mol. The van der Waals surface area contributed by atoms with Crippen molar-refractivity contribution < 1.29 is 9.72 Å². The van der Waals surface area contributed by atoms with E-state index in [0.717, 1.165) is 10.0 Å². The standard InChI is InChI=1S/C14H9Br2NO3/c15-11-3-1-9(2-4-11)5-14(18)10-6-12(16)8-13(7-10)17(19)20/h1-4,6-8H,5H2. The molecule has 20 heavy (non-hydrogen) atoms. The summed E-state index contributed by atoms with van der Waals surface area (Å²) in [6.45, 7) is 0. The zero-order valence-electron chi connectivity index (χ0n) is 10.2. The average molecular weight is 399 g/mol. The van der Waals surface area contributed by atoms with Crippen molar-refractivity contribution in [3.63, 3.8) is 0 Å². The Morgan fingerprint density at radius 2 is 1.70 bits per heavy atom. The van der Waals surface area contributed by atoms with E-state index < -0.39 is 4.92 Å². The lowest BCUT2D eigenvalue weighted by molar-refractivity contribution is -0.385. The fourth-order valence-corrected chi connectivity index (χ4v) is 2.48. The number of nitro benzene ring substituents is 1. The molecule has 0 saturated heterocycles. The Morgan fingerprint density at radius 1 is 1.05 bits per heavy atom. The van der Waals surface area contributed by atoms with Gasteiger partial charge in [-0.3, -0.25) is 14.9 Å². The molecule has 0 radical (unpaired) electrons. The van der Waals surface area contributed by atoms with E-state index in [0.29, 0.717) is 10.0 Å². The van der Waals surface area contributed by atoms with Gasteiger partial charge in [0.15, 0.2) is 5.78 Å². The minimum atomic E-state index is -0.513. The molecule has 4 nitrogen and oxygen atoms in total. The van der Waals surface area contributed by atoms with Crippen molar-refractivity contribution >= 4 is 43.3 Å². The van der Waals surface area contributed by atoms with Crippen molar-refractivity contribution in [3.05, 3.63) is 72.7 Å². The first-order chi connectivity index (χ1) is 9.45. The summed E-state index contributed by atoms with van der Waals surface area (Å²) in [6, 6.07) is 11.7. The van der Waals surface area contributed by atoms with E-state index in [4.69, 9.17) is 0 Å². The second kappa shape index (κ2) is 6.28. The SMILES string of the molecule is O=C(Cc1ccc(Br)cc1)c1cc(Br)cc([N+](=O)[O-])c1. The van der Waals surface area contributed by atoms with Crippen molar-refractivity contribution in [3.8, 4) is 0 Å². The Balaban J connectivity index is 2.25. The van der Waals surface area contributed by atoms with Crippen LogP contribution in [0.25, 0.3) is 0 Å². The van der Waals surface area contributed by atoms with Crippen LogP contribution in [0.5, 0.6) is 0 Å². The highest BCUT2D eigenvalue weighted by molar-refractivity contribution is 9.10. The van der Waals surface area contributed by atoms with E-state index in [2.05, 4.69) is 31.9 Å². The van der Waals surface area contributed by atoms with Crippen molar-refractivity contribution in [2.45, 2.75) is 6.42 Å². The highest BCUT2D eigenvalue weighted by atomic mass is 79.9. The number of hydrogen-bond donors (Lipinski definition) is 0. The van der Waals surface area contributed by atoms with Gasteiger partial charge in [0.1, 0.15) is 0 Å². The summed E-state index contributed by atoms with van der Waals surface area (Å²) in [4.78, 5) is 22.5. The summed E-state index contributed by atoms with van der Waals surface area (Å²) in [5.74, 6) is -0.156. The van der Waals surface area contributed by atoms with E-state index in [1.165, 1.54) is 12.1 Å². The van der Waals surface area contributed by atoms with Crippen molar-refractivity contribution in [1.29, 1.82) is 0 Å². The average Bonchev–Trinajstić information content (AvgIpc) is 2.40. The largest absolute Gasteiger partial charge is 0.294 e. The normalized spacial score (nSPS) is 10.3. The van der Waals surface area contributed by atoms with Gasteiger partial charge in [0.05, 0.1) is 4.92 Å². The Labute approximate surface area is 132 Å². The van der Waals surface area contributed by atoms with Crippen LogP contribution in [0.15, 0.2) is 51.4 Å². The number of halogens is 2. The maximum Gasteiger partial charge on any atom is 0.271 e. The maximum atomic E-state index is 12.2. The molecule has 2 aromatic rings. The summed E-state index contributed by atoms with van der Waals surface area (Å²) in [5, 5.41) is 10.8. The summed E-state index contributed by atoms with van der Waals surface area (Å²) in [5.41, 5.74) is 1.09. The van der Waals surface area contributed by atoms with Crippen molar-refractivity contribution in [2.75, 3.05) is 0 Å². The minimum Gasteiger partial charge on any atom is -0.294 e. The van der Waals surface area contributed by atoms with Gasteiger partial charge in [-0.25, -0.2) is 0 Å². The molecular formula is C14H9Br2NO3. The van der Waals surface area contributed by atoms with Gasteiger partial charge in [-0.1, -0.05) is 44.0 Å². The number of non-ortho nitro benzene ring substituents is 1. The molecule has 0 aliphatic heterocycles. The molecule has 0 spiro atoms. The summed E-state index contributed by atoms with van der Waals surface area (Å²) in [7, 11) is 0. The molecule has 0 unspecified atom stereocenters. The third-order valence-electron chi connectivity index (χ3n) is 2.69. The zero-order chi connectivity index (χ0) is 14.7. The van der Waals surface area contributed by atoms with Crippen molar-refractivity contribution in [2.24, 2.45) is 0 Å². The van der Waals surface area contributed by atoms with Gasteiger partial charge < -0.3 is 0 Å². The second-order valence-corrected chi connectivity index (χ2v) is 6.01. The van der Waals surface area contributed by atoms with Crippen LogP contribution >= 0.6 is 31.9 Å². The molecule has 2 aromatic carbocycles. The third-order valence-corrected chi connectivity index (χ3v) is 3.68. The van der Waals surface area contributed by atoms with Gasteiger partial charge in [-0.2, -0.15) is 0 Å². The van der Waals surface area contributed by atoms with Crippen LogP contribution in [-0.2, 0) is 6.42 Å². The van der Waals surface area contributed by atoms with Gasteiger partial charge in [0.25, 0.3) is 5.69 Å². The lowest BCUT2D eigenvalue weighted by Gasteiger charge is -2.03. The summed E-state index contributed by atoms with van der Waals surface area (Å²) < 4.78 is 1.46. The van der Waals surface area contributed by atoms with Crippen LogP contribution in [0.3, 0.4) is 0 Å². The Bertz CT molecular complexity index is 669. The highest BCUT2D eigenvalue weighted by Crippen LogP contribution is 2.22. The van der Waals surface area contributed by atoms with E-state index in [-0.39, 0.29) is 17.9 Å². The fraction of sp³-hybridized carbons (Fsp3) is 0.0714. The number of nitrogens with zero attached hydrogens (tertiary/aromatic N) is 1. The molecule has 0 aliphatic rings. The highest BCUT2D eigenvalue weighted by Gasteiger charge is 2.14. The van der Waals surface area contributed by atoms with Crippen LogP contribution < -0.4 is 0 Å². The van der Waals surface area contributed by atoms with Gasteiger partial charge in [-0.15, -0.1) is 0 Å². The molecule has 2 rings (SSSR count). The summed E-state index contributed by atoms with van der Waals surface area (Å²) >= 11 is 6.51. The van der Waals surface area contributed by atoms with E-state index in [1.807, 2.05) is 24.3 Å². The minimum absolute atomic E-state index is 0.0986. The molecule has 0 fully saturated rings. The topological polar surface area (TPSA) is 60.2 Å². The smallest absolute Gasteiger partial charge is 0.271 e. The number of rotatable bonds is 4. The van der Waals surface area contributed by atoms with E-state index >= 15 is 0 Å². The Morgan fingerprint density at radius 3 is 2.30 bits per heavy atom. The Hall–Kier alpha value is -1.53. The van der Waals surface area contributed by atoms with Gasteiger partial charge in [-0.05, 0) is 23.8 Å². The first kappa shape index (κ1) is 14.9. The van der Waals surface area contributed by atoms with Gasteiger partial charge in [0.2, 0.25) is 0 Å². The molecular weight excluding hydrogens is 390 g/mol. The maximum absolute atomic E-state index is 12.2. The number of Topliss-reactive ketones (excluding diaryl/α,β-unsaturated/α-hetero) is 1. The van der Waals surface area contributed by atoms with Gasteiger partial charge >= 0.3 is 0 Å². The molecule has 0 saturated carbocycles. The molecule has 0 heterocycles. The number of nitro groups is 1. The zero-order valence-corrected chi connectivity index (χ0v) is 13.3. The van der Waals surface area contributed by atoms with E-state index in [1.54, 1.807) is 6.07 Å². The number of carbonyl (C=O) groups is 1. The van der Waals surface area contributed by atoms with Crippen LogP contribution in [0.4, 0.5) is 5.69 Å². The molecule has 0 aromatic heterocycles. The van der Waals surface area contributed by atoms with Crippen molar-refractivity contribution in [1.82, 2.24) is 0 Å². The molecule has 0 amide bonds. The second-order valence-electron chi connectivity index (χ2n) is 4.18. The number of hydrogen-bond acceptors (Lipinski definition) is 3. The molecule has 102 valence electrons. The molecule has 0 bridgehead atoms. The van der Waals surface area contributed by atoms with E-state index in [9.17, 15) is 14.9 Å². The summed E-state index contributed by atoms with van der Waals surface area (Å²) in [6.07, 6.45) is 0.209. The first-order valence-corrected chi connectivity index (χ1v) is 7.27. The number of ketones is 1. The molecule has 0 N–H and O–H groups in total. The first-order valence-electron chi connectivity index (χ1n) is 5.68. The quantitative estimate of drug-likeness (QED) is 0.431. The lowest BCUT2D eigenvalue weighted by Crippen LogP contribution is -2.04. The third kappa shape index (κ3) is 3.74. The lowest BCUT2D eigenvalue weighted by atomic mass is 10.0. The monoisotopic (exact) mass is 397 g/mol. The number of benzene rings is 2. The fourth-order valence-electron chi connectivity index (χ4n) is 1.73. The van der Waals surface area contributed by atoms with Gasteiger partial charge in [0, 0.05) is 33.1 Å². The van der Waals surface area contributed by atoms with Crippen LogP contribution in [0.1, 0.15) is 15.9 Å². The molecule has 6 heteroatoms. The molecule has 0 atom stereocenters. The molecule has 0 aliphatic carbocycles. The predicted octanol–water partition coefficient (Wildman–Crippen LogP) is 4.55. The van der Waals surface area contributed by atoms with Crippen LogP contribution in [0, 0.1) is 10.1 Å².